The average molecular weight is 432 g/mol. The van der Waals surface area contributed by atoms with E-state index in [-0.39, 0.29) is 42.5 Å². The fraction of sp³-hybridized carbons (Fsp3) is 0.588. The molecule has 1 atom stereocenters. The fourth-order valence-electron chi connectivity index (χ4n) is 3.28. The first-order valence-electron chi connectivity index (χ1n) is 8.40. The van der Waals surface area contributed by atoms with E-state index >= 15 is 0 Å². The van der Waals surface area contributed by atoms with E-state index in [1.54, 1.807) is 6.92 Å². The van der Waals surface area contributed by atoms with E-state index in [0.717, 1.165) is 13.2 Å². The molecule has 1 heterocycles. The van der Waals surface area contributed by atoms with Gasteiger partial charge in [-0.05, 0) is 19.4 Å². The third-order valence-electron chi connectivity index (χ3n) is 4.85. The summed E-state index contributed by atoms with van der Waals surface area (Å²) in [5, 5.41) is 0. The van der Waals surface area contributed by atoms with Crippen LogP contribution in [0.25, 0.3) is 0 Å². The normalized spacial score (nSPS) is 18.0. The summed E-state index contributed by atoms with van der Waals surface area (Å²) in [5.41, 5.74) is -2.51. The first-order chi connectivity index (χ1) is 12.7. The Morgan fingerprint density at radius 2 is 1.68 bits per heavy atom. The van der Waals surface area contributed by atoms with Gasteiger partial charge >= 0.3 is 12.4 Å². The van der Waals surface area contributed by atoms with Crippen LogP contribution in [0, 0.1) is 0 Å². The SMILES string of the molecule is COS(=O)(=O)CCCC[N+]1=C(C)C(C)c2c1cc(C(F)(F)F)cc2C(F)(F)F. The highest BCUT2D eigenvalue weighted by Crippen LogP contribution is 2.47. The highest BCUT2D eigenvalue weighted by atomic mass is 32.2. The van der Waals surface area contributed by atoms with E-state index in [1.807, 2.05) is 0 Å². The summed E-state index contributed by atoms with van der Waals surface area (Å²) in [7, 11) is -2.66. The fourth-order valence-corrected chi connectivity index (χ4v) is 4.00. The van der Waals surface area contributed by atoms with E-state index in [2.05, 4.69) is 4.18 Å². The Morgan fingerprint density at radius 3 is 2.18 bits per heavy atom. The van der Waals surface area contributed by atoms with Gasteiger partial charge < -0.3 is 0 Å². The van der Waals surface area contributed by atoms with Gasteiger partial charge in [-0.2, -0.15) is 39.3 Å². The van der Waals surface area contributed by atoms with Gasteiger partial charge in [0.1, 0.15) is 6.54 Å². The minimum Gasteiger partial charge on any atom is -0.273 e. The second kappa shape index (κ2) is 7.66. The van der Waals surface area contributed by atoms with Gasteiger partial charge in [0.2, 0.25) is 5.69 Å². The molecule has 0 bridgehead atoms. The van der Waals surface area contributed by atoms with Crippen LogP contribution in [0.5, 0.6) is 0 Å². The quantitative estimate of drug-likeness (QED) is 0.283. The number of nitrogens with zero attached hydrogens (tertiary/aromatic N) is 1. The third-order valence-corrected chi connectivity index (χ3v) is 6.14. The van der Waals surface area contributed by atoms with Crippen molar-refractivity contribution in [3.63, 3.8) is 0 Å². The standard InChI is InChI=1S/C17H20F6NO3S/c1-10-11(2)24(6-4-5-7-28(25,26)27-3)14-9-12(16(18,19)20)8-13(15(10)14)17(21,22)23/h8-10H,4-7H2,1-3H3/q+1. The van der Waals surface area contributed by atoms with Crippen LogP contribution in [0.2, 0.25) is 0 Å². The predicted molar refractivity (Wildman–Crippen MR) is 90.4 cm³/mol. The zero-order chi connectivity index (χ0) is 21.5. The second-order valence-corrected chi connectivity index (χ2v) is 8.46. The molecule has 1 aliphatic heterocycles. The molecular weight excluding hydrogens is 412 g/mol. The van der Waals surface area contributed by atoms with Gasteiger partial charge in [-0.3, -0.25) is 4.18 Å². The van der Waals surface area contributed by atoms with Gasteiger partial charge in [0, 0.05) is 25.0 Å². The van der Waals surface area contributed by atoms with Gasteiger partial charge in [0.15, 0.2) is 5.71 Å². The first kappa shape index (κ1) is 22.7. The molecule has 1 unspecified atom stereocenters. The molecule has 0 saturated carbocycles. The Kier molecular flexibility index (Phi) is 6.20. The number of unbranched alkanes of at least 4 members (excludes halogenated alkanes) is 1. The molecule has 1 aliphatic rings. The molecule has 0 N–H and O–H groups in total. The topological polar surface area (TPSA) is 46.4 Å². The Labute approximate surface area is 158 Å². The van der Waals surface area contributed by atoms with Crippen LogP contribution in [0.3, 0.4) is 0 Å². The predicted octanol–water partition coefficient (Wildman–Crippen LogP) is 4.70. The van der Waals surface area contributed by atoms with Crippen LogP contribution < -0.4 is 0 Å². The van der Waals surface area contributed by atoms with Crippen LogP contribution in [-0.2, 0) is 26.7 Å². The van der Waals surface area contributed by atoms with E-state index in [4.69, 9.17) is 0 Å². The van der Waals surface area contributed by atoms with Crippen molar-refractivity contribution in [3.8, 4) is 0 Å². The zero-order valence-corrected chi connectivity index (χ0v) is 16.2. The van der Waals surface area contributed by atoms with Gasteiger partial charge in [-0.1, -0.05) is 0 Å². The molecule has 1 aromatic carbocycles. The van der Waals surface area contributed by atoms with E-state index in [0.29, 0.717) is 5.71 Å². The van der Waals surface area contributed by atoms with E-state index in [1.165, 1.54) is 11.5 Å². The maximum Gasteiger partial charge on any atom is 0.416 e. The Bertz CT molecular complexity index is 887. The van der Waals surface area contributed by atoms with Crippen LogP contribution in [0.1, 0.15) is 49.3 Å². The molecule has 28 heavy (non-hydrogen) atoms. The molecule has 0 saturated heterocycles. The minimum absolute atomic E-state index is 0.0982. The van der Waals surface area contributed by atoms with Crippen LogP contribution in [0.15, 0.2) is 12.1 Å². The maximum atomic E-state index is 13.4. The highest BCUT2D eigenvalue weighted by Gasteiger charge is 2.46. The molecule has 0 aliphatic carbocycles. The Balaban J connectivity index is 2.42. The largest absolute Gasteiger partial charge is 0.416 e. The van der Waals surface area contributed by atoms with Crippen molar-refractivity contribution in [1.82, 2.24) is 0 Å². The second-order valence-electron chi connectivity index (χ2n) is 6.60. The zero-order valence-electron chi connectivity index (χ0n) is 15.4. The van der Waals surface area contributed by atoms with Crippen molar-refractivity contribution >= 4 is 21.5 Å². The molecule has 1 aromatic rings. The molecule has 0 radical (unpaired) electrons. The average Bonchev–Trinajstić information content (AvgIpc) is 2.81. The van der Waals surface area contributed by atoms with Gasteiger partial charge in [0.25, 0.3) is 10.1 Å². The summed E-state index contributed by atoms with van der Waals surface area (Å²) >= 11 is 0. The molecule has 2 rings (SSSR count). The summed E-state index contributed by atoms with van der Waals surface area (Å²) < 4.78 is 108. The van der Waals surface area contributed by atoms with Crippen molar-refractivity contribution < 1.29 is 43.5 Å². The van der Waals surface area contributed by atoms with E-state index < -0.39 is 39.5 Å². The molecule has 0 spiro atoms. The third kappa shape index (κ3) is 4.68. The lowest BCUT2D eigenvalue weighted by atomic mass is 9.92. The van der Waals surface area contributed by atoms with Crippen LogP contribution >= 0.6 is 0 Å². The molecule has 4 nitrogen and oxygen atoms in total. The number of halogens is 6. The van der Waals surface area contributed by atoms with Gasteiger partial charge in [-0.25, -0.2) is 0 Å². The molecule has 158 valence electrons. The Hall–Kier alpha value is -1.62. The van der Waals surface area contributed by atoms with Crippen LogP contribution in [-0.4, -0.2) is 38.1 Å². The monoisotopic (exact) mass is 432 g/mol. The minimum atomic E-state index is -4.93. The summed E-state index contributed by atoms with van der Waals surface area (Å²) in [6.45, 7) is 3.16. The number of fused-ring (bicyclic) bond motifs is 1. The van der Waals surface area contributed by atoms with Gasteiger partial charge in [-0.15, -0.1) is 0 Å². The number of rotatable bonds is 6. The number of hydrogen-bond donors (Lipinski definition) is 0. The lowest BCUT2D eigenvalue weighted by molar-refractivity contribution is -0.439. The summed E-state index contributed by atoms with van der Waals surface area (Å²) in [4.78, 5) is 0. The lowest BCUT2D eigenvalue weighted by Crippen LogP contribution is -2.15. The van der Waals surface area contributed by atoms with Crippen molar-refractivity contribution in [2.45, 2.75) is 45.0 Å². The van der Waals surface area contributed by atoms with Crippen molar-refractivity contribution in [3.05, 3.63) is 28.8 Å². The molecule has 0 aromatic heterocycles. The number of hydrogen-bond acceptors (Lipinski definition) is 3. The smallest absolute Gasteiger partial charge is 0.273 e. The lowest BCUT2D eigenvalue weighted by Gasteiger charge is -2.16. The summed E-state index contributed by atoms with van der Waals surface area (Å²) in [6.07, 6.45) is -9.44. The molecular formula is C17H20F6NO3S+. The summed E-state index contributed by atoms with van der Waals surface area (Å²) in [5.74, 6) is -0.994. The summed E-state index contributed by atoms with van der Waals surface area (Å²) in [6, 6.07) is 0.876. The molecule has 0 fully saturated rings. The number of alkyl halides is 6. The van der Waals surface area contributed by atoms with Crippen molar-refractivity contribution in [2.75, 3.05) is 19.4 Å². The van der Waals surface area contributed by atoms with Crippen LogP contribution in [0.4, 0.5) is 32.0 Å². The van der Waals surface area contributed by atoms with Gasteiger partial charge in [0.05, 0.1) is 29.9 Å². The first-order valence-corrected chi connectivity index (χ1v) is 9.98. The number of benzene rings is 1. The maximum absolute atomic E-state index is 13.4. The van der Waals surface area contributed by atoms with E-state index in [9.17, 15) is 34.8 Å². The molecule has 11 heteroatoms. The molecule has 0 amide bonds. The van der Waals surface area contributed by atoms with Crippen molar-refractivity contribution in [1.29, 1.82) is 0 Å². The van der Waals surface area contributed by atoms with Crippen molar-refractivity contribution in [2.24, 2.45) is 0 Å². The highest BCUT2D eigenvalue weighted by molar-refractivity contribution is 7.86. The Morgan fingerprint density at radius 1 is 1.07 bits per heavy atom.